The van der Waals surface area contributed by atoms with Gasteiger partial charge in [0.25, 0.3) is 0 Å². The van der Waals surface area contributed by atoms with Crippen molar-refractivity contribution in [3.05, 3.63) is 72.3 Å². The van der Waals surface area contributed by atoms with Gasteiger partial charge in [-0.3, -0.25) is 0 Å². The molecular weight excluding hydrogens is 374 g/mol. The van der Waals surface area contributed by atoms with Crippen LogP contribution in [0.25, 0.3) is 11.3 Å². The van der Waals surface area contributed by atoms with Crippen LogP contribution in [0.3, 0.4) is 0 Å². The Kier molecular flexibility index (Phi) is 6.93. The fourth-order valence-corrected chi connectivity index (χ4v) is 3.79. The molecule has 1 aliphatic rings. The molecule has 1 aliphatic heterocycles. The molecule has 2 heterocycles. The topological polar surface area (TPSA) is 47.5 Å². The first-order valence-electron chi connectivity index (χ1n) is 10.8. The van der Waals surface area contributed by atoms with Crippen molar-refractivity contribution in [2.75, 3.05) is 19.7 Å². The summed E-state index contributed by atoms with van der Waals surface area (Å²) in [4.78, 5) is 2.55. The summed E-state index contributed by atoms with van der Waals surface area (Å²) in [6.45, 7) is 5.89. The molecule has 1 aromatic heterocycles. The van der Waals surface area contributed by atoms with Crippen LogP contribution in [-0.4, -0.2) is 40.8 Å². The Hall–Kier alpha value is -2.92. The van der Waals surface area contributed by atoms with E-state index < -0.39 is 0 Å². The molecule has 0 amide bonds. The molecule has 156 valence electrons. The number of benzene rings is 2. The van der Waals surface area contributed by atoms with Crippen LogP contribution in [0.2, 0.25) is 0 Å². The van der Waals surface area contributed by atoms with Crippen LogP contribution in [-0.2, 0) is 6.61 Å². The number of hydrogen-bond acceptors (Lipinski definition) is 5. The largest absolute Gasteiger partial charge is 0.494 e. The molecule has 0 unspecified atom stereocenters. The van der Waals surface area contributed by atoms with Crippen LogP contribution in [0.15, 0.2) is 66.7 Å². The average Bonchev–Trinajstić information content (AvgIpc) is 3.21. The van der Waals surface area contributed by atoms with Crippen LogP contribution in [0.4, 0.5) is 0 Å². The van der Waals surface area contributed by atoms with E-state index in [-0.39, 0.29) is 0 Å². The molecule has 0 bridgehead atoms. The fourth-order valence-electron chi connectivity index (χ4n) is 3.79. The maximum atomic E-state index is 5.90. The lowest BCUT2D eigenvalue weighted by Gasteiger charge is -2.20. The predicted octanol–water partition coefficient (Wildman–Crippen LogP) is 4.98. The Bertz CT molecular complexity index is 898. The van der Waals surface area contributed by atoms with E-state index in [9.17, 15) is 0 Å². The highest BCUT2D eigenvalue weighted by Crippen LogP contribution is 2.22. The van der Waals surface area contributed by atoms with Crippen LogP contribution in [0, 0.1) is 0 Å². The van der Waals surface area contributed by atoms with Crippen molar-refractivity contribution in [1.29, 1.82) is 0 Å². The van der Waals surface area contributed by atoms with E-state index in [0.29, 0.717) is 12.5 Å². The van der Waals surface area contributed by atoms with Crippen molar-refractivity contribution in [3.8, 4) is 22.9 Å². The van der Waals surface area contributed by atoms with E-state index in [2.05, 4.69) is 22.0 Å². The Balaban J connectivity index is 1.24. The normalized spacial score (nSPS) is 16.5. The molecule has 1 fully saturated rings. The van der Waals surface area contributed by atoms with Gasteiger partial charge in [0.1, 0.15) is 12.4 Å². The molecule has 0 N–H and O–H groups in total. The van der Waals surface area contributed by atoms with E-state index in [1.165, 1.54) is 19.4 Å². The summed E-state index contributed by atoms with van der Waals surface area (Å²) in [6, 6.07) is 22.6. The summed E-state index contributed by atoms with van der Waals surface area (Å²) in [7, 11) is 0. The van der Waals surface area contributed by atoms with Gasteiger partial charge in [-0.15, -0.1) is 10.2 Å². The van der Waals surface area contributed by atoms with Gasteiger partial charge in [-0.2, -0.15) is 0 Å². The third-order valence-corrected chi connectivity index (χ3v) is 5.57. The molecule has 2 aromatic carbocycles. The third-order valence-electron chi connectivity index (χ3n) is 5.57. The third kappa shape index (κ3) is 5.57. The Morgan fingerprint density at radius 2 is 1.77 bits per heavy atom. The molecule has 5 nitrogen and oxygen atoms in total. The first kappa shape index (κ1) is 20.4. The molecule has 1 atom stereocenters. The summed E-state index contributed by atoms with van der Waals surface area (Å²) in [5, 5.41) is 8.49. The number of likely N-dealkylation sites (tertiary alicyclic amines) is 1. The highest BCUT2D eigenvalue weighted by atomic mass is 16.5. The summed E-state index contributed by atoms with van der Waals surface area (Å²) in [6.07, 6.45) is 3.71. The molecule has 0 spiro atoms. The van der Waals surface area contributed by atoms with Crippen LogP contribution < -0.4 is 9.47 Å². The van der Waals surface area contributed by atoms with Gasteiger partial charge in [-0.05, 0) is 68.6 Å². The zero-order valence-corrected chi connectivity index (χ0v) is 17.5. The van der Waals surface area contributed by atoms with Gasteiger partial charge in [0.2, 0.25) is 5.88 Å². The van der Waals surface area contributed by atoms with E-state index in [1.54, 1.807) is 0 Å². The molecule has 3 aromatic rings. The zero-order chi connectivity index (χ0) is 20.6. The first-order chi connectivity index (χ1) is 14.8. The summed E-state index contributed by atoms with van der Waals surface area (Å²) in [5.74, 6) is 1.42. The van der Waals surface area contributed by atoms with Gasteiger partial charge >= 0.3 is 0 Å². The highest BCUT2D eigenvalue weighted by molar-refractivity contribution is 5.59. The molecule has 0 saturated carbocycles. The first-order valence-corrected chi connectivity index (χ1v) is 10.8. The standard InChI is InChI=1S/C25H29N3O2/c1-20-7-5-16-28(20)17-6-18-29-23-12-10-22(11-13-23)24-14-15-25(27-26-24)30-19-21-8-3-2-4-9-21/h2-4,8-15,20H,5-7,16-19H2,1H3/t20-/m1/s1. The van der Waals surface area contributed by atoms with Gasteiger partial charge < -0.3 is 14.4 Å². The van der Waals surface area contributed by atoms with Crippen molar-refractivity contribution in [3.63, 3.8) is 0 Å². The van der Waals surface area contributed by atoms with Crippen molar-refractivity contribution in [2.45, 2.75) is 38.8 Å². The summed E-state index contributed by atoms with van der Waals surface area (Å²) >= 11 is 0. The number of hydrogen-bond donors (Lipinski definition) is 0. The summed E-state index contributed by atoms with van der Waals surface area (Å²) < 4.78 is 11.6. The fraction of sp³-hybridized carbons (Fsp3) is 0.360. The van der Waals surface area contributed by atoms with E-state index in [4.69, 9.17) is 9.47 Å². The highest BCUT2D eigenvalue weighted by Gasteiger charge is 2.19. The minimum atomic E-state index is 0.484. The van der Waals surface area contributed by atoms with Crippen LogP contribution >= 0.6 is 0 Å². The van der Waals surface area contributed by atoms with E-state index >= 15 is 0 Å². The summed E-state index contributed by atoms with van der Waals surface area (Å²) in [5.41, 5.74) is 2.93. The Labute approximate surface area is 178 Å². The molecule has 0 aliphatic carbocycles. The molecule has 4 rings (SSSR count). The van der Waals surface area contributed by atoms with Gasteiger partial charge in [0, 0.05) is 24.2 Å². The minimum Gasteiger partial charge on any atom is -0.494 e. The second kappa shape index (κ2) is 10.2. The van der Waals surface area contributed by atoms with Crippen LogP contribution in [0.5, 0.6) is 11.6 Å². The number of nitrogens with zero attached hydrogens (tertiary/aromatic N) is 3. The predicted molar refractivity (Wildman–Crippen MR) is 119 cm³/mol. The smallest absolute Gasteiger partial charge is 0.233 e. The van der Waals surface area contributed by atoms with Gasteiger partial charge in [-0.25, -0.2) is 0 Å². The van der Waals surface area contributed by atoms with Crippen LogP contribution in [0.1, 0.15) is 31.7 Å². The molecule has 0 radical (unpaired) electrons. The Morgan fingerprint density at radius 3 is 2.47 bits per heavy atom. The number of aromatic nitrogens is 2. The molecule has 1 saturated heterocycles. The lowest BCUT2D eigenvalue weighted by Crippen LogP contribution is -2.28. The van der Waals surface area contributed by atoms with Crippen molar-refractivity contribution >= 4 is 0 Å². The van der Waals surface area contributed by atoms with Gasteiger partial charge in [-0.1, -0.05) is 30.3 Å². The van der Waals surface area contributed by atoms with Gasteiger partial charge in [0.05, 0.1) is 12.3 Å². The second-order valence-corrected chi connectivity index (χ2v) is 7.78. The second-order valence-electron chi connectivity index (χ2n) is 7.78. The quantitative estimate of drug-likeness (QED) is 0.472. The minimum absolute atomic E-state index is 0.484. The molecule has 5 heteroatoms. The van der Waals surface area contributed by atoms with E-state index in [0.717, 1.165) is 48.2 Å². The molecular formula is C25H29N3O2. The lowest BCUT2D eigenvalue weighted by atomic mass is 10.1. The van der Waals surface area contributed by atoms with Crippen molar-refractivity contribution in [1.82, 2.24) is 15.1 Å². The monoisotopic (exact) mass is 403 g/mol. The average molecular weight is 404 g/mol. The maximum Gasteiger partial charge on any atom is 0.233 e. The van der Waals surface area contributed by atoms with Crippen molar-refractivity contribution in [2.24, 2.45) is 0 Å². The SMILES string of the molecule is C[C@@H]1CCCN1CCCOc1ccc(-c2ccc(OCc3ccccc3)nn2)cc1. The van der Waals surface area contributed by atoms with Gasteiger partial charge in [0.15, 0.2) is 0 Å². The van der Waals surface area contributed by atoms with E-state index in [1.807, 2.05) is 66.7 Å². The number of rotatable bonds is 9. The Morgan fingerprint density at radius 1 is 0.933 bits per heavy atom. The zero-order valence-electron chi connectivity index (χ0n) is 17.5. The van der Waals surface area contributed by atoms with Crippen molar-refractivity contribution < 1.29 is 9.47 Å². The lowest BCUT2D eigenvalue weighted by molar-refractivity contribution is 0.230. The maximum absolute atomic E-state index is 5.90. The molecule has 30 heavy (non-hydrogen) atoms. The number of ether oxygens (including phenoxy) is 2.